The Balaban J connectivity index is 1.77. The summed E-state index contributed by atoms with van der Waals surface area (Å²) in [5.41, 5.74) is 1.36. The number of benzene rings is 1. The summed E-state index contributed by atoms with van der Waals surface area (Å²) < 4.78 is 0. The number of nitro groups is 1. The highest BCUT2D eigenvalue weighted by atomic mass is 16.6. The summed E-state index contributed by atoms with van der Waals surface area (Å²) in [4.78, 5) is 10.2. The minimum atomic E-state index is -0.353. The Kier molecular flexibility index (Phi) is 4.31. The first-order valence-electron chi connectivity index (χ1n) is 6.61. The molecule has 1 N–H and O–H groups in total. The molecule has 0 heterocycles. The van der Waals surface area contributed by atoms with E-state index >= 15 is 0 Å². The molecule has 98 valence electrons. The van der Waals surface area contributed by atoms with E-state index in [1.54, 1.807) is 12.1 Å². The molecule has 0 radical (unpaired) electrons. The van der Waals surface area contributed by atoms with Crippen molar-refractivity contribution < 1.29 is 4.92 Å². The molecule has 1 aromatic carbocycles. The maximum absolute atomic E-state index is 10.5. The van der Waals surface area contributed by atoms with E-state index in [0.717, 1.165) is 18.8 Å². The van der Waals surface area contributed by atoms with Gasteiger partial charge in [-0.2, -0.15) is 0 Å². The summed E-state index contributed by atoms with van der Waals surface area (Å²) in [6, 6.07) is 7.56. The van der Waals surface area contributed by atoms with Crippen LogP contribution in [0.4, 0.5) is 5.69 Å². The Morgan fingerprint density at radius 3 is 2.56 bits per heavy atom. The molecule has 0 saturated heterocycles. The average Bonchev–Trinajstić information content (AvgIpc) is 3.19. The Morgan fingerprint density at radius 2 is 2.06 bits per heavy atom. The lowest BCUT2D eigenvalue weighted by atomic mass is 10.0. The molecular weight excluding hydrogens is 228 g/mol. The zero-order valence-electron chi connectivity index (χ0n) is 10.8. The first-order valence-corrected chi connectivity index (χ1v) is 6.61. The second kappa shape index (κ2) is 5.96. The van der Waals surface area contributed by atoms with E-state index in [2.05, 4.69) is 5.32 Å². The molecule has 1 unspecified atom stereocenters. The Bertz CT molecular complexity index is 399. The van der Waals surface area contributed by atoms with Crippen LogP contribution in [-0.2, 0) is 6.42 Å². The number of hydrogen-bond acceptors (Lipinski definition) is 3. The topological polar surface area (TPSA) is 55.2 Å². The van der Waals surface area contributed by atoms with E-state index < -0.39 is 0 Å². The molecule has 4 heteroatoms. The van der Waals surface area contributed by atoms with Gasteiger partial charge in [-0.15, -0.1) is 0 Å². The molecule has 18 heavy (non-hydrogen) atoms. The molecule has 1 aromatic rings. The van der Waals surface area contributed by atoms with Gasteiger partial charge in [0.05, 0.1) is 4.92 Å². The molecule has 0 spiro atoms. The van der Waals surface area contributed by atoms with E-state index in [9.17, 15) is 10.1 Å². The molecule has 0 aliphatic heterocycles. The van der Waals surface area contributed by atoms with Crippen LogP contribution in [0.3, 0.4) is 0 Å². The lowest BCUT2D eigenvalue weighted by Gasteiger charge is -2.14. The van der Waals surface area contributed by atoms with Crippen molar-refractivity contribution in [2.24, 2.45) is 5.92 Å². The average molecular weight is 248 g/mol. The minimum absolute atomic E-state index is 0.171. The SMILES string of the molecule is CNC(CCCc1ccc([N+](=O)[O-])cc1)C1CC1. The van der Waals surface area contributed by atoms with Crippen molar-refractivity contribution in [3.05, 3.63) is 39.9 Å². The molecule has 1 aliphatic rings. The van der Waals surface area contributed by atoms with Crippen LogP contribution in [0.1, 0.15) is 31.2 Å². The van der Waals surface area contributed by atoms with Crippen molar-refractivity contribution in [2.45, 2.75) is 38.1 Å². The number of non-ortho nitro benzene ring substituents is 1. The van der Waals surface area contributed by atoms with Crippen LogP contribution in [0.15, 0.2) is 24.3 Å². The van der Waals surface area contributed by atoms with Gasteiger partial charge in [0.15, 0.2) is 0 Å². The molecule has 2 rings (SSSR count). The monoisotopic (exact) mass is 248 g/mol. The lowest BCUT2D eigenvalue weighted by molar-refractivity contribution is -0.384. The zero-order chi connectivity index (χ0) is 13.0. The molecule has 1 fully saturated rings. The molecule has 1 atom stereocenters. The van der Waals surface area contributed by atoms with Crippen LogP contribution in [0.5, 0.6) is 0 Å². The zero-order valence-corrected chi connectivity index (χ0v) is 10.8. The number of hydrogen-bond donors (Lipinski definition) is 1. The third-order valence-corrected chi connectivity index (χ3v) is 3.69. The van der Waals surface area contributed by atoms with Gasteiger partial charge < -0.3 is 5.32 Å². The van der Waals surface area contributed by atoms with E-state index in [1.807, 2.05) is 19.2 Å². The third kappa shape index (κ3) is 3.53. The maximum atomic E-state index is 10.5. The first kappa shape index (κ1) is 13.0. The largest absolute Gasteiger partial charge is 0.317 e. The van der Waals surface area contributed by atoms with Gasteiger partial charge in [-0.05, 0) is 50.6 Å². The van der Waals surface area contributed by atoms with Crippen LogP contribution < -0.4 is 5.32 Å². The molecule has 0 amide bonds. The molecule has 1 aliphatic carbocycles. The van der Waals surface area contributed by atoms with E-state index in [-0.39, 0.29) is 10.6 Å². The van der Waals surface area contributed by atoms with E-state index in [4.69, 9.17) is 0 Å². The predicted molar refractivity (Wildman–Crippen MR) is 71.6 cm³/mol. The molecule has 0 bridgehead atoms. The summed E-state index contributed by atoms with van der Waals surface area (Å²) in [6.45, 7) is 0. The second-order valence-corrected chi connectivity index (χ2v) is 5.05. The van der Waals surface area contributed by atoms with Gasteiger partial charge in [-0.25, -0.2) is 0 Å². The quantitative estimate of drug-likeness (QED) is 0.596. The molecular formula is C14H20N2O2. The van der Waals surface area contributed by atoms with Crippen molar-refractivity contribution >= 4 is 5.69 Å². The van der Waals surface area contributed by atoms with Crippen molar-refractivity contribution in [2.75, 3.05) is 7.05 Å². The first-order chi connectivity index (χ1) is 8.70. The number of aryl methyl sites for hydroxylation is 1. The van der Waals surface area contributed by atoms with Crippen molar-refractivity contribution in [1.29, 1.82) is 0 Å². The van der Waals surface area contributed by atoms with Gasteiger partial charge in [0.25, 0.3) is 5.69 Å². The fourth-order valence-corrected chi connectivity index (χ4v) is 2.42. The molecule has 0 aromatic heterocycles. The number of rotatable bonds is 7. The summed E-state index contributed by atoms with van der Waals surface area (Å²) in [7, 11) is 2.04. The lowest BCUT2D eigenvalue weighted by Crippen LogP contribution is -2.27. The Morgan fingerprint density at radius 1 is 1.39 bits per heavy atom. The van der Waals surface area contributed by atoms with Crippen LogP contribution >= 0.6 is 0 Å². The van der Waals surface area contributed by atoms with Gasteiger partial charge in [0, 0.05) is 18.2 Å². The predicted octanol–water partition coefficient (Wildman–Crippen LogP) is 2.92. The van der Waals surface area contributed by atoms with Gasteiger partial charge >= 0.3 is 0 Å². The van der Waals surface area contributed by atoms with Crippen molar-refractivity contribution in [3.63, 3.8) is 0 Å². The highest BCUT2D eigenvalue weighted by Gasteiger charge is 2.29. The van der Waals surface area contributed by atoms with Gasteiger partial charge in [-0.3, -0.25) is 10.1 Å². The summed E-state index contributed by atoms with van der Waals surface area (Å²) >= 11 is 0. The smallest absolute Gasteiger partial charge is 0.269 e. The van der Waals surface area contributed by atoms with Crippen LogP contribution in [0.2, 0.25) is 0 Å². The Labute approximate surface area is 108 Å². The molecule has 1 saturated carbocycles. The third-order valence-electron chi connectivity index (χ3n) is 3.69. The van der Waals surface area contributed by atoms with Crippen molar-refractivity contribution in [3.8, 4) is 0 Å². The van der Waals surface area contributed by atoms with Gasteiger partial charge in [0.2, 0.25) is 0 Å². The minimum Gasteiger partial charge on any atom is -0.317 e. The summed E-state index contributed by atoms with van der Waals surface area (Å²) in [6.07, 6.45) is 6.06. The highest BCUT2D eigenvalue weighted by molar-refractivity contribution is 5.32. The van der Waals surface area contributed by atoms with Crippen molar-refractivity contribution in [1.82, 2.24) is 5.32 Å². The fourth-order valence-electron chi connectivity index (χ4n) is 2.42. The number of nitro benzene ring substituents is 1. The van der Waals surface area contributed by atoms with Crippen LogP contribution in [0.25, 0.3) is 0 Å². The van der Waals surface area contributed by atoms with Gasteiger partial charge in [-0.1, -0.05) is 12.1 Å². The summed E-state index contributed by atoms with van der Waals surface area (Å²) in [5.74, 6) is 0.881. The molecule has 4 nitrogen and oxygen atoms in total. The van der Waals surface area contributed by atoms with Crippen LogP contribution in [0, 0.1) is 16.0 Å². The Hall–Kier alpha value is -1.42. The highest BCUT2D eigenvalue weighted by Crippen LogP contribution is 2.34. The van der Waals surface area contributed by atoms with E-state index in [0.29, 0.717) is 6.04 Å². The summed E-state index contributed by atoms with van der Waals surface area (Å²) in [5, 5.41) is 13.9. The van der Waals surface area contributed by atoms with Crippen LogP contribution in [-0.4, -0.2) is 18.0 Å². The second-order valence-electron chi connectivity index (χ2n) is 5.05. The normalized spacial score (nSPS) is 16.5. The fraction of sp³-hybridized carbons (Fsp3) is 0.571. The maximum Gasteiger partial charge on any atom is 0.269 e. The number of nitrogens with zero attached hydrogens (tertiary/aromatic N) is 1. The number of nitrogens with one attached hydrogen (secondary N) is 1. The standard InChI is InChI=1S/C14H20N2O2/c1-15-14(12-7-8-12)4-2-3-11-5-9-13(10-6-11)16(17)18/h5-6,9-10,12,14-15H,2-4,7-8H2,1H3. The van der Waals surface area contributed by atoms with Gasteiger partial charge in [0.1, 0.15) is 0 Å². The van der Waals surface area contributed by atoms with E-state index in [1.165, 1.54) is 24.8 Å².